The quantitative estimate of drug-likeness (QED) is 0.514. The van der Waals surface area contributed by atoms with Crippen molar-refractivity contribution in [3.05, 3.63) is 0 Å². The molecule has 1 unspecified atom stereocenters. The maximum absolute atomic E-state index is 12.0. The van der Waals surface area contributed by atoms with Crippen molar-refractivity contribution >= 4 is 9.84 Å². The first-order valence-corrected chi connectivity index (χ1v) is 10.6. The number of sulfone groups is 1. The van der Waals surface area contributed by atoms with Crippen LogP contribution in [0.15, 0.2) is 0 Å². The highest BCUT2D eigenvalue weighted by Gasteiger charge is 2.37. The van der Waals surface area contributed by atoms with Crippen LogP contribution in [0.3, 0.4) is 0 Å². The lowest BCUT2D eigenvalue weighted by atomic mass is 9.96. The number of hydrogen-bond donors (Lipinski definition) is 1. The molecule has 0 rings (SSSR count). The van der Waals surface area contributed by atoms with Gasteiger partial charge in [-0.15, -0.1) is 0 Å². The van der Waals surface area contributed by atoms with Crippen LogP contribution in [0.5, 0.6) is 0 Å². The second-order valence-corrected chi connectivity index (χ2v) is 9.35. The van der Waals surface area contributed by atoms with E-state index in [-0.39, 0.29) is 6.04 Å². The molecule has 1 N–H and O–H groups in total. The first kappa shape index (κ1) is 20.9. The fourth-order valence-corrected chi connectivity index (χ4v) is 3.40. The van der Waals surface area contributed by atoms with Crippen LogP contribution in [0.4, 0.5) is 0 Å². The van der Waals surface area contributed by atoms with Gasteiger partial charge >= 0.3 is 0 Å². The summed E-state index contributed by atoms with van der Waals surface area (Å²) in [7, 11) is -3.04. The molecule has 0 saturated carbocycles. The molecule has 0 bridgehead atoms. The van der Waals surface area contributed by atoms with Crippen molar-refractivity contribution in [3.63, 3.8) is 0 Å². The smallest absolute Gasteiger partial charge is 0.154 e. The Labute approximate surface area is 133 Å². The third-order valence-corrected chi connectivity index (χ3v) is 6.79. The highest BCUT2D eigenvalue weighted by Crippen LogP contribution is 2.24. The van der Waals surface area contributed by atoms with Gasteiger partial charge in [0.15, 0.2) is 9.84 Å². The molecule has 0 aromatic rings. The first-order chi connectivity index (χ1) is 9.77. The van der Waals surface area contributed by atoms with Crippen molar-refractivity contribution in [1.82, 2.24) is 5.32 Å². The first-order valence-electron chi connectivity index (χ1n) is 8.70. The molecule has 0 radical (unpaired) electrons. The predicted octanol–water partition coefficient (Wildman–Crippen LogP) is 4.32. The maximum atomic E-state index is 12.0. The average Bonchev–Trinajstić information content (AvgIpc) is 2.39. The Balaban J connectivity index is 4.07. The van der Waals surface area contributed by atoms with Gasteiger partial charge in [0.1, 0.15) is 0 Å². The van der Waals surface area contributed by atoms with Gasteiger partial charge in [0.2, 0.25) is 0 Å². The van der Waals surface area contributed by atoms with Gasteiger partial charge in [0.25, 0.3) is 0 Å². The standard InChI is InChI=1S/C17H37NO2S/c1-6-8-9-10-11-12-13-14-15-16(18-7-2)17(3,4)21(5,19)20/h16,18H,6-15H2,1-5H3. The van der Waals surface area contributed by atoms with E-state index in [2.05, 4.69) is 12.2 Å². The summed E-state index contributed by atoms with van der Waals surface area (Å²) < 4.78 is 23.2. The molecule has 21 heavy (non-hydrogen) atoms. The minimum Gasteiger partial charge on any atom is -0.313 e. The Morgan fingerprint density at radius 3 is 1.81 bits per heavy atom. The van der Waals surface area contributed by atoms with Crippen molar-refractivity contribution in [2.24, 2.45) is 0 Å². The molecule has 0 aliphatic rings. The van der Waals surface area contributed by atoms with Crippen LogP contribution < -0.4 is 5.32 Å². The summed E-state index contributed by atoms with van der Waals surface area (Å²) in [6.07, 6.45) is 12.6. The van der Waals surface area contributed by atoms with E-state index >= 15 is 0 Å². The van der Waals surface area contributed by atoms with Crippen molar-refractivity contribution < 1.29 is 8.42 Å². The molecule has 4 heteroatoms. The zero-order chi connectivity index (χ0) is 16.4. The second kappa shape index (κ2) is 10.6. The molecular formula is C17H37NO2S. The van der Waals surface area contributed by atoms with Crippen LogP contribution in [0.2, 0.25) is 0 Å². The number of rotatable bonds is 13. The second-order valence-electron chi connectivity index (χ2n) is 6.75. The summed E-state index contributed by atoms with van der Waals surface area (Å²) in [4.78, 5) is 0. The summed E-state index contributed by atoms with van der Waals surface area (Å²) in [5.74, 6) is 0. The Morgan fingerprint density at radius 2 is 1.38 bits per heavy atom. The van der Waals surface area contributed by atoms with Gasteiger partial charge in [-0.05, 0) is 26.8 Å². The van der Waals surface area contributed by atoms with Gasteiger partial charge in [-0.3, -0.25) is 0 Å². The number of hydrogen-bond acceptors (Lipinski definition) is 3. The summed E-state index contributed by atoms with van der Waals surface area (Å²) in [5, 5.41) is 3.37. The van der Waals surface area contributed by atoms with E-state index in [1.54, 1.807) is 0 Å². The van der Waals surface area contributed by atoms with Crippen molar-refractivity contribution in [1.29, 1.82) is 0 Å². The SMILES string of the molecule is CCCCCCCCCCC(NCC)C(C)(C)S(C)(=O)=O. The van der Waals surface area contributed by atoms with E-state index in [9.17, 15) is 8.42 Å². The minimum atomic E-state index is -3.04. The monoisotopic (exact) mass is 319 g/mol. The fraction of sp³-hybridized carbons (Fsp3) is 1.00. The molecule has 1 atom stereocenters. The Kier molecular flexibility index (Phi) is 10.6. The van der Waals surface area contributed by atoms with E-state index < -0.39 is 14.6 Å². The molecule has 0 aliphatic carbocycles. The Bertz CT molecular complexity index is 350. The van der Waals surface area contributed by atoms with Gasteiger partial charge in [0.05, 0.1) is 4.75 Å². The lowest BCUT2D eigenvalue weighted by molar-refractivity contribution is 0.380. The van der Waals surface area contributed by atoms with Crippen molar-refractivity contribution in [2.75, 3.05) is 12.8 Å². The molecule has 0 aromatic carbocycles. The molecule has 128 valence electrons. The van der Waals surface area contributed by atoms with Gasteiger partial charge in [0, 0.05) is 12.3 Å². The molecule has 3 nitrogen and oxygen atoms in total. The van der Waals surface area contributed by atoms with Crippen molar-refractivity contribution in [2.45, 2.75) is 96.3 Å². The van der Waals surface area contributed by atoms with Gasteiger partial charge in [-0.2, -0.15) is 0 Å². The normalized spacial score (nSPS) is 14.3. The lowest BCUT2D eigenvalue weighted by Crippen LogP contribution is -2.51. The van der Waals surface area contributed by atoms with Crippen LogP contribution in [0, 0.1) is 0 Å². The zero-order valence-corrected chi connectivity index (χ0v) is 15.7. The molecule has 0 saturated heterocycles. The van der Waals surface area contributed by atoms with Gasteiger partial charge in [-0.25, -0.2) is 8.42 Å². The highest BCUT2D eigenvalue weighted by atomic mass is 32.2. The van der Waals surface area contributed by atoms with Crippen molar-refractivity contribution in [3.8, 4) is 0 Å². The van der Waals surface area contributed by atoms with E-state index in [4.69, 9.17) is 0 Å². The Hall–Kier alpha value is -0.0900. The van der Waals surface area contributed by atoms with Crippen LogP contribution in [-0.2, 0) is 9.84 Å². The molecule has 0 spiro atoms. The molecule has 0 fully saturated rings. The van der Waals surface area contributed by atoms with Crippen LogP contribution in [0.1, 0.15) is 85.5 Å². The molecule has 0 aliphatic heterocycles. The number of nitrogens with one attached hydrogen (secondary N) is 1. The summed E-state index contributed by atoms with van der Waals surface area (Å²) in [6.45, 7) is 8.80. The fourth-order valence-electron chi connectivity index (χ4n) is 2.68. The number of unbranched alkanes of at least 4 members (excludes halogenated alkanes) is 7. The molecule has 0 heterocycles. The van der Waals surface area contributed by atoms with Crippen LogP contribution >= 0.6 is 0 Å². The summed E-state index contributed by atoms with van der Waals surface area (Å²) in [6, 6.07) is 0.0533. The topological polar surface area (TPSA) is 46.2 Å². The summed E-state index contributed by atoms with van der Waals surface area (Å²) in [5.41, 5.74) is 0. The third kappa shape index (κ3) is 8.20. The third-order valence-electron chi connectivity index (χ3n) is 4.59. The lowest BCUT2D eigenvalue weighted by Gasteiger charge is -2.33. The largest absolute Gasteiger partial charge is 0.313 e. The molecule has 0 amide bonds. The minimum absolute atomic E-state index is 0.0533. The van der Waals surface area contributed by atoms with E-state index in [0.29, 0.717) is 0 Å². The van der Waals surface area contributed by atoms with E-state index in [1.807, 2.05) is 20.8 Å². The van der Waals surface area contributed by atoms with Gasteiger partial charge in [-0.1, -0.05) is 65.2 Å². The molecular weight excluding hydrogens is 282 g/mol. The zero-order valence-electron chi connectivity index (χ0n) is 14.9. The van der Waals surface area contributed by atoms with E-state index in [1.165, 1.54) is 51.2 Å². The maximum Gasteiger partial charge on any atom is 0.154 e. The summed E-state index contributed by atoms with van der Waals surface area (Å²) >= 11 is 0. The molecule has 0 aromatic heterocycles. The van der Waals surface area contributed by atoms with Crippen LogP contribution in [0.25, 0.3) is 0 Å². The van der Waals surface area contributed by atoms with Crippen LogP contribution in [-0.4, -0.2) is 32.0 Å². The average molecular weight is 320 g/mol. The highest BCUT2D eigenvalue weighted by molar-refractivity contribution is 7.92. The Morgan fingerprint density at radius 1 is 0.905 bits per heavy atom. The predicted molar refractivity (Wildman–Crippen MR) is 93.6 cm³/mol. The van der Waals surface area contributed by atoms with E-state index in [0.717, 1.165) is 19.4 Å². The van der Waals surface area contributed by atoms with Gasteiger partial charge < -0.3 is 5.32 Å².